The maximum absolute atomic E-state index is 5.61. The molecule has 0 fully saturated rings. The molecule has 2 heterocycles. The normalized spacial score (nSPS) is 11.0. The van der Waals surface area contributed by atoms with Crippen LogP contribution < -0.4 is 5.73 Å². The first-order valence-corrected chi connectivity index (χ1v) is 6.25. The van der Waals surface area contributed by atoms with E-state index in [1.165, 1.54) is 0 Å². The smallest absolute Gasteiger partial charge is 0.177 e. The van der Waals surface area contributed by atoms with E-state index in [9.17, 15) is 0 Å². The van der Waals surface area contributed by atoms with Gasteiger partial charge in [-0.3, -0.25) is 0 Å². The van der Waals surface area contributed by atoms with Crippen molar-refractivity contribution in [3.05, 3.63) is 46.7 Å². The molecular formula is C12H10BrN5. The van der Waals surface area contributed by atoms with Crippen LogP contribution in [-0.2, 0) is 6.54 Å². The Labute approximate surface area is 112 Å². The first-order chi connectivity index (χ1) is 8.79. The average Bonchev–Trinajstić information content (AvgIpc) is 2.81. The summed E-state index contributed by atoms with van der Waals surface area (Å²) < 4.78 is 2.67. The molecule has 90 valence electrons. The summed E-state index contributed by atoms with van der Waals surface area (Å²) in [5.74, 6) is 0.652. The summed E-state index contributed by atoms with van der Waals surface area (Å²) in [6.45, 7) is 0.313. The number of fused-ring (bicyclic) bond motifs is 1. The monoisotopic (exact) mass is 303 g/mol. The van der Waals surface area contributed by atoms with Crippen LogP contribution in [0.15, 0.2) is 40.9 Å². The van der Waals surface area contributed by atoms with E-state index in [2.05, 4.69) is 31.2 Å². The quantitative estimate of drug-likeness (QED) is 0.786. The summed E-state index contributed by atoms with van der Waals surface area (Å²) >= 11 is 3.52. The number of nitrogens with zero attached hydrogens (tertiary/aromatic N) is 4. The van der Waals surface area contributed by atoms with Gasteiger partial charge in [0.1, 0.15) is 0 Å². The standard InChI is InChI=1S/C12H10BrN5/c13-9-4-2-1-3-8(9)10-5-6-11-15-16-12(7-14)18(11)17-10/h1-6H,7,14H2. The molecule has 3 rings (SSSR count). The van der Waals surface area contributed by atoms with Crippen molar-refractivity contribution < 1.29 is 0 Å². The van der Waals surface area contributed by atoms with Crippen LogP contribution in [0.1, 0.15) is 5.82 Å². The van der Waals surface area contributed by atoms with Gasteiger partial charge in [-0.05, 0) is 18.2 Å². The Kier molecular flexibility index (Phi) is 2.81. The Bertz CT molecular complexity index is 707. The average molecular weight is 304 g/mol. The Morgan fingerprint density at radius 2 is 1.94 bits per heavy atom. The van der Waals surface area contributed by atoms with Gasteiger partial charge in [0.05, 0.1) is 12.2 Å². The van der Waals surface area contributed by atoms with E-state index in [4.69, 9.17) is 5.73 Å². The lowest BCUT2D eigenvalue weighted by molar-refractivity contribution is 0.811. The molecule has 0 aliphatic heterocycles. The van der Waals surface area contributed by atoms with Crippen molar-refractivity contribution in [1.29, 1.82) is 0 Å². The van der Waals surface area contributed by atoms with Gasteiger partial charge in [0.2, 0.25) is 0 Å². The van der Waals surface area contributed by atoms with E-state index in [0.717, 1.165) is 15.7 Å². The van der Waals surface area contributed by atoms with Crippen LogP contribution in [0.5, 0.6) is 0 Å². The number of nitrogens with two attached hydrogens (primary N) is 1. The highest BCUT2D eigenvalue weighted by Gasteiger charge is 2.08. The third kappa shape index (κ3) is 1.79. The van der Waals surface area contributed by atoms with Crippen molar-refractivity contribution in [2.24, 2.45) is 5.73 Å². The Morgan fingerprint density at radius 3 is 2.72 bits per heavy atom. The van der Waals surface area contributed by atoms with Crippen molar-refractivity contribution in [2.45, 2.75) is 6.54 Å². The van der Waals surface area contributed by atoms with Crippen LogP contribution in [0.4, 0.5) is 0 Å². The highest BCUT2D eigenvalue weighted by atomic mass is 79.9. The first-order valence-electron chi connectivity index (χ1n) is 5.46. The van der Waals surface area contributed by atoms with Crippen LogP contribution in [0, 0.1) is 0 Å². The molecule has 0 aliphatic carbocycles. The summed E-state index contributed by atoms with van der Waals surface area (Å²) in [5.41, 5.74) is 8.18. The molecule has 0 unspecified atom stereocenters. The summed E-state index contributed by atoms with van der Waals surface area (Å²) in [7, 11) is 0. The van der Waals surface area contributed by atoms with Gasteiger partial charge >= 0.3 is 0 Å². The first kappa shape index (κ1) is 11.3. The predicted molar refractivity (Wildman–Crippen MR) is 71.8 cm³/mol. The number of hydrogen-bond acceptors (Lipinski definition) is 4. The van der Waals surface area contributed by atoms with Gasteiger partial charge in [-0.1, -0.05) is 34.1 Å². The van der Waals surface area contributed by atoms with Crippen molar-refractivity contribution >= 4 is 21.6 Å². The molecule has 0 amide bonds. The molecular weight excluding hydrogens is 294 g/mol. The summed E-state index contributed by atoms with van der Waals surface area (Å²) in [6, 6.07) is 11.7. The van der Waals surface area contributed by atoms with E-state index < -0.39 is 0 Å². The van der Waals surface area contributed by atoms with Gasteiger partial charge in [0.15, 0.2) is 11.5 Å². The van der Waals surface area contributed by atoms with Gasteiger partial charge in [0.25, 0.3) is 0 Å². The van der Waals surface area contributed by atoms with Gasteiger partial charge in [0, 0.05) is 10.0 Å². The second kappa shape index (κ2) is 4.47. The molecule has 0 saturated carbocycles. The molecule has 18 heavy (non-hydrogen) atoms. The maximum atomic E-state index is 5.61. The third-order valence-corrected chi connectivity index (χ3v) is 3.35. The Hall–Kier alpha value is -1.79. The minimum atomic E-state index is 0.313. The SMILES string of the molecule is NCc1nnc2ccc(-c3ccccc3Br)nn12. The highest BCUT2D eigenvalue weighted by molar-refractivity contribution is 9.10. The molecule has 0 aliphatic rings. The molecule has 0 bridgehead atoms. The maximum Gasteiger partial charge on any atom is 0.177 e. The van der Waals surface area contributed by atoms with E-state index in [0.29, 0.717) is 18.0 Å². The van der Waals surface area contributed by atoms with Crippen molar-refractivity contribution in [2.75, 3.05) is 0 Å². The number of aromatic nitrogens is 4. The zero-order valence-corrected chi connectivity index (χ0v) is 11.0. The molecule has 5 nitrogen and oxygen atoms in total. The molecule has 0 saturated heterocycles. The molecule has 6 heteroatoms. The van der Waals surface area contributed by atoms with Gasteiger partial charge in [-0.2, -0.15) is 9.61 Å². The Morgan fingerprint density at radius 1 is 1.11 bits per heavy atom. The van der Waals surface area contributed by atoms with Crippen LogP contribution in [-0.4, -0.2) is 19.8 Å². The number of hydrogen-bond donors (Lipinski definition) is 1. The minimum Gasteiger partial charge on any atom is -0.324 e. The lowest BCUT2D eigenvalue weighted by Crippen LogP contribution is -2.05. The lowest BCUT2D eigenvalue weighted by atomic mass is 10.1. The molecule has 2 aromatic heterocycles. The molecule has 1 aromatic carbocycles. The van der Waals surface area contributed by atoms with Gasteiger partial charge in [-0.25, -0.2) is 0 Å². The topological polar surface area (TPSA) is 69.1 Å². The third-order valence-electron chi connectivity index (χ3n) is 2.66. The number of benzene rings is 1. The minimum absolute atomic E-state index is 0.313. The lowest BCUT2D eigenvalue weighted by Gasteiger charge is -2.04. The van der Waals surface area contributed by atoms with Crippen LogP contribution in [0.2, 0.25) is 0 Å². The van der Waals surface area contributed by atoms with E-state index in [1.807, 2.05) is 36.4 Å². The second-order valence-electron chi connectivity index (χ2n) is 3.79. The van der Waals surface area contributed by atoms with Crippen molar-refractivity contribution in [1.82, 2.24) is 19.8 Å². The summed E-state index contributed by atoms with van der Waals surface area (Å²) in [5, 5.41) is 12.5. The molecule has 0 spiro atoms. The largest absolute Gasteiger partial charge is 0.324 e. The number of rotatable bonds is 2. The van der Waals surface area contributed by atoms with Crippen LogP contribution in [0.25, 0.3) is 16.9 Å². The van der Waals surface area contributed by atoms with Crippen LogP contribution in [0.3, 0.4) is 0 Å². The fraction of sp³-hybridized carbons (Fsp3) is 0.0833. The zero-order chi connectivity index (χ0) is 12.5. The van der Waals surface area contributed by atoms with Crippen LogP contribution >= 0.6 is 15.9 Å². The fourth-order valence-electron chi connectivity index (χ4n) is 1.77. The number of halogens is 1. The van der Waals surface area contributed by atoms with Gasteiger partial charge < -0.3 is 5.73 Å². The Balaban J connectivity index is 2.21. The summed E-state index contributed by atoms with van der Waals surface area (Å²) in [6.07, 6.45) is 0. The van der Waals surface area contributed by atoms with Crippen molar-refractivity contribution in [3.8, 4) is 11.3 Å². The second-order valence-corrected chi connectivity index (χ2v) is 4.64. The molecule has 0 atom stereocenters. The van der Waals surface area contributed by atoms with E-state index >= 15 is 0 Å². The predicted octanol–water partition coefficient (Wildman–Crippen LogP) is 2.01. The van der Waals surface area contributed by atoms with Gasteiger partial charge in [-0.15, -0.1) is 10.2 Å². The molecule has 2 N–H and O–H groups in total. The van der Waals surface area contributed by atoms with E-state index in [1.54, 1.807) is 4.52 Å². The zero-order valence-electron chi connectivity index (χ0n) is 9.42. The summed E-state index contributed by atoms with van der Waals surface area (Å²) in [4.78, 5) is 0. The fourth-order valence-corrected chi connectivity index (χ4v) is 2.26. The molecule has 3 aromatic rings. The highest BCUT2D eigenvalue weighted by Crippen LogP contribution is 2.26. The van der Waals surface area contributed by atoms with Crippen molar-refractivity contribution in [3.63, 3.8) is 0 Å². The molecule has 0 radical (unpaired) electrons. The van der Waals surface area contributed by atoms with E-state index in [-0.39, 0.29) is 0 Å².